The number of hydrogen-bond acceptors (Lipinski definition) is 7. The van der Waals surface area contributed by atoms with Gasteiger partial charge < -0.3 is 10.2 Å². The molecule has 1 unspecified atom stereocenters. The maximum absolute atomic E-state index is 11.7. The van der Waals surface area contributed by atoms with Crippen LogP contribution in [0.5, 0.6) is 0 Å². The summed E-state index contributed by atoms with van der Waals surface area (Å²) in [6, 6.07) is 0.0980. The molecule has 1 N–H and O–H groups in total. The fourth-order valence-corrected chi connectivity index (χ4v) is 2.51. The Morgan fingerprint density at radius 1 is 1.43 bits per heavy atom. The summed E-state index contributed by atoms with van der Waals surface area (Å²) < 4.78 is 5.09. The van der Waals surface area contributed by atoms with Crippen LogP contribution in [-0.2, 0) is 9.53 Å². The number of rotatable bonds is 4. The van der Waals surface area contributed by atoms with Crippen LogP contribution in [0.15, 0.2) is 39.0 Å². The zero-order chi connectivity index (χ0) is 15.9. The van der Waals surface area contributed by atoms with Crippen LogP contribution in [0.2, 0.25) is 0 Å². The normalized spacial score (nSPS) is 26.0. The summed E-state index contributed by atoms with van der Waals surface area (Å²) in [6.07, 6.45) is 13.2. The number of carbonyl (C=O) groups excluding carboxylic acids is 1. The highest BCUT2D eigenvalue weighted by atomic mass is 16.5. The van der Waals surface area contributed by atoms with Crippen molar-refractivity contribution < 1.29 is 9.53 Å². The second-order valence-electron chi connectivity index (χ2n) is 5.64. The van der Waals surface area contributed by atoms with Crippen LogP contribution in [-0.4, -0.2) is 55.0 Å². The number of cyclic esters (lactones) is 1. The highest BCUT2D eigenvalue weighted by Gasteiger charge is 2.17. The molecule has 2 heterocycles. The van der Waals surface area contributed by atoms with Gasteiger partial charge in [0.05, 0.1) is 25.7 Å². The van der Waals surface area contributed by atoms with E-state index in [9.17, 15) is 4.79 Å². The van der Waals surface area contributed by atoms with E-state index in [4.69, 9.17) is 4.74 Å². The van der Waals surface area contributed by atoms with Crippen molar-refractivity contribution in [3.8, 4) is 0 Å². The maximum Gasteiger partial charge on any atom is 0.354 e. The van der Waals surface area contributed by atoms with Crippen LogP contribution < -0.4 is 5.43 Å². The lowest BCUT2D eigenvalue weighted by Gasteiger charge is -2.20. The fourth-order valence-electron chi connectivity index (χ4n) is 2.51. The molecule has 3 rings (SSSR count). The van der Waals surface area contributed by atoms with Crippen LogP contribution >= 0.6 is 0 Å². The zero-order valence-corrected chi connectivity index (χ0v) is 13.0. The van der Waals surface area contributed by atoms with Gasteiger partial charge in [0, 0.05) is 6.21 Å². The van der Waals surface area contributed by atoms with Crippen LogP contribution in [0.1, 0.15) is 25.7 Å². The smallest absolute Gasteiger partial charge is 0.354 e. The van der Waals surface area contributed by atoms with Crippen molar-refractivity contribution in [2.24, 2.45) is 15.2 Å². The molecule has 0 saturated carbocycles. The summed E-state index contributed by atoms with van der Waals surface area (Å²) in [4.78, 5) is 15.9. The van der Waals surface area contributed by atoms with Crippen molar-refractivity contribution in [3.05, 3.63) is 23.8 Å². The standard InChI is InChI=1S/C16H21N5O2/c22-16-15(3-1-2-10-23-16)20-19-14-6-4-13(5-7-14)11-21-12-17-8-9-18-21/h4-6,9,12,14,19H,1-3,7-8,10-11H2/b20-15+. The summed E-state index contributed by atoms with van der Waals surface area (Å²) in [6.45, 7) is 1.86. The second-order valence-corrected chi connectivity index (χ2v) is 5.64. The third-order valence-electron chi connectivity index (χ3n) is 3.80. The third-order valence-corrected chi connectivity index (χ3v) is 3.80. The van der Waals surface area contributed by atoms with Crippen LogP contribution in [0.3, 0.4) is 0 Å². The van der Waals surface area contributed by atoms with Crippen LogP contribution in [0.25, 0.3) is 0 Å². The van der Waals surface area contributed by atoms with Gasteiger partial charge in [-0.15, -0.1) is 0 Å². The lowest BCUT2D eigenvalue weighted by atomic mass is 10.0. The Bertz CT molecular complexity index is 579. The molecule has 0 aromatic heterocycles. The molecule has 0 radical (unpaired) electrons. The Balaban J connectivity index is 1.49. The summed E-state index contributed by atoms with van der Waals surface area (Å²) in [5, 5.41) is 10.3. The molecule has 0 bridgehead atoms. The van der Waals surface area contributed by atoms with E-state index in [0.717, 1.165) is 19.3 Å². The molecule has 1 saturated heterocycles. The van der Waals surface area contributed by atoms with Crippen LogP contribution in [0, 0.1) is 0 Å². The van der Waals surface area contributed by atoms with Crippen molar-refractivity contribution in [2.75, 3.05) is 19.7 Å². The molecular formula is C16H21N5O2. The first-order valence-electron chi connectivity index (χ1n) is 7.97. The van der Waals surface area contributed by atoms with Crippen molar-refractivity contribution in [2.45, 2.75) is 31.7 Å². The number of hydrogen-bond donors (Lipinski definition) is 1. The van der Waals surface area contributed by atoms with Crippen molar-refractivity contribution in [3.63, 3.8) is 0 Å². The highest BCUT2D eigenvalue weighted by molar-refractivity contribution is 6.36. The predicted molar refractivity (Wildman–Crippen MR) is 89.6 cm³/mol. The Morgan fingerprint density at radius 2 is 2.39 bits per heavy atom. The number of ether oxygens (including phenoxy) is 1. The largest absolute Gasteiger partial charge is 0.461 e. The molecule has 1 fully saturated rings. The van der Waals surface area contributed by atoms with Gasteiger partial charge in [0.15, 0.2) is 0 Å². The monoisotopic (exact) mass is 315 g/mol. The molecule has 0 aromatic rings. The minimum atomic E-state index is -0.298. The van der Waals surface area contributed by atoms with Crippen molar-refractivity contribution >= 4 is 24.2 Å². The van der Waals surface area contributed by atoms with E-state index < -0.39 is 0 Å². The van der Waals surface area contributed by atoms with Gasteiger partial charge in [-0.3, -0.25) is 10.0 Å². The fraction of sp³-hybridized carbons (Fsp3) is 0.500. The number of aliphatic imine (C=N–C) groups is 1. The number of nitrogens with one attached hydrogen (secondary N) is 1. The molecule has 0 spiro atoms. The second kappa shape index (κ2) is 7.71. The molecule has 23 heavy (non-hydrogen) atoms. The van der Waals surface area contributed by atoms with Gasteiger partial charge in [0.25, 0.3) is 0 Å². The maximum atomic E-state index is 11.7. The third kappa shape index (κ3) is 4.51. The average molecular weight is 315 g/mol. The Morgan fingerprint density at radius 3 is 3.17 bits per heavy atom. The lowest BCUT2D eigenvalue weighted by molar-refractivity contribution is -0.135. The first-order chi connectivity index (χ1) is 11.3. The van der Waals surface area contributed by atoms with E-state index in [1.54, 1.807) is 12.6 Å². The van der Waals surface area contributed by atoms with Gasteiger partial charge >= 0.3 is 5.97 Å². The highest BCUT2D eigenvalue weighted by Crippen LogP contribution is 2.13. The average Bonchev–Trinajstić information content (AvgIpc) is 2.79. The molecule has 7 heteroatoms. The minimum absolute atomic E-state index is 0.0980. The van der Waals surface area contributed by atoms with Crippen molar-refractivity contribution in [1.82, 2.24) is 10.4 Å². The molecule has 122 valence electrons. The molecule has 2 aliphatic heterocycles. The van der Waals surface area contributed by atoms with E-state index in [-0.39, 0.29) is 12.0 Å². The summed E-state index contributed by atoms with van der Waals surface area (Å²) >= 11 is 0. The van der Waals surface area contributed by atoms with E-state index in [0.29, 0.717) is 31.8 Å². The van der Waals surface area contributed by atoms with Gasteiger partial charge in [-0.1, -0.05) is 18.2 Å². The Kier molecular flexibility index (Phi) is 5.18. The number of carbonyl (C=O) groups is 1. The molecular weight excluding hydrogens is 294 g/mol. The number of nitrogens with zero attached hydrogens (tertiary/aromatic N) is 4. The molecule has 3 aliphatic rings. The van der Waals surface area contributed by atoms with Gasteiger partial charge in [-0.25, -0.2) is 4.79 Å². The zero-order valence-electron chi connectivity index (χ0n) is 13.0. The molecule has 0 aromatic carbocycles. The molecule has 1 aliphatic carbocycles. The molecule has 0 amide bonds. The summed E-state index contributed by atoms with van der Waals surface area (Å²) in [5.74, 6) is -0.298. The molecule has 7 nitrogen and oxygen atoms in total. The van der Waals surface area contributed by atoms with E-state index >= 15 is 0 Å². The van der Waals surface area contributed by atoms with E-state index in [2.05, 4.69) is 38.8 Å². The lowest BCUT2D eigenvalue weighted by Crippen LogP contribution is -2.28. The summed E-state index contributed by atoms with van der Waals surface area (Å²) in [5.41, 5.74) is 4.74. The topological polar surface area (TPSA) is 78.6 Å². The van der Waals surface area contributed by atoms with Gasteiger partial charge in [-0.05, 0) is 31.3 Å². The van der Waals surface area contributed by atoms with E-state index in [1.165, 1.54) is 5.57 Å². The van der Waals surface area contributed by atoms with Gasteiger partial charge in [-0.2, -0.15) is 10.2 Å². The Hall–Kier alpha value is -2.44. The van der Waals surface area contributed by atoms with Crippen LogP contribution in [0.4, 0.5) is 0 Å². The summed E-state index contributed by atoms with van der Waals surface area (Å²) in [7, 11) is 0. The first kappa shape index (κ1) is 15.5. The van der Waals surface area contributed by atoms with E-state index in [1.807, 2.05) is 5.01 Å². The molecule has 1 atom stereocenters. The minimum Gasteiger partial charge on any atom is -0.461 e. The first-order valence-corrected chi connectivity index (χ1v) is 7.97. The number of esters is 1. The quantitative estimate of drug-likeness (QED) is 0.625. The number of hydrazone groups is 2. The van der Waals surface area contributed by atoms with Gasteiger partial charge in [0.2, 0.25) is 0 Å². The van der Waals surface area contributed by atoms with Crippen molar-refractivity contribution in [1.29, 1.82) is 0 Å². The predicted octanol–water partition coefficient (Wildman–Crippen LogP) is 1.24. The Labute approximate surface area is 135 Å². The SMILES string of the molecule is O=C1OCCCC/C1=N\NC1C=CC(CN2C=NCC=N2)=CC1. The van der Waals surface area contributed by atoms with Gasteiger partial charge in [0.1, 0.15) is 12.1 Å².